The van der Waals surface area contributed by atoms with Gasteiger partial charge >= 0.3 is 0 Å². The fourth-order valence-corrected chi connectivity index (χ4v) is 4.21. The van der Waals surface area contributed by atoms with Gasteiger partial charge in [-0.15, -0.1) is 0 Å². The summed E-state index contributed by atoms with van der Waals surface area (Å²) < 4.78 is 5.41. The van der Waals surface area contributed by atoms with Gasteiger partial charge in [0.25, 0.3) is 0 Å². The van der Waals surface area contributed by atoms with Gasteiger partial charge in [0.15, 0.2) is 0 Å². The zero-order valence-electron chi connectivity index (χ0n) is 17.4. The van der Waals surface area contributed by atoms with E-state index < -0.39 is 0 Å². The quantitative estimate of drug-likeness (QED) is 0.845. The van der Waals surface area contributed by atoms with Crippen LogP contribution in [0.1, 0.15) is 24.5 Å². The van der Waals surface area contributed by atoms with E-state index in [-0.39, 0.29) is 11.4 Å². The van der Waals surface area contributed by atoms with Crippen molar-refractivity contribution in [3.63, 3.8) is 0 Å². The first-order valence-electron chi connectivity index (χ1n) is 10.4. The predicted molar refractivity (Wildman–Crippen MR) is 116 cm³/mol. The van der Waals surface area contributed by atoms with Crippen LogP contribution >= 0.6 is 0 Å². The third-order valence-electron chi connectivity index (χ3n) is 5.82. The van der Waals surface area contributed by atoms with E-state index in [0.29, 0.717) is 6.42 Å². The lowest BCUT2D eigenvalue weighted by Gasteiger charge is -2.29. The molecule has 4 rings (SSSR count). The second-order valence-corrected chi connectivity index (χ2v) is 8.44. The van der Waals surface area contributed by atoms with Crippen LogP contribution in [0, 0.1) is 6.92 Å². The lowest BCUT2D eigenvalue weighted by Crippen LogP contribution is -2.48. The molecule has 1 aromatic carbocycles. The number of carbonyl (C=O) groups is 1. The Bertz CT molecular complexity index is 848. The molecule has 1 unspecified atom stereocenters. The van der Waals surface area contributed by atoms with Crippen molar-refractivity contribution in [1.29, 1.82) is 0 Å². The highest BCUT2D eigenvalue weighted by atomic mass is 16.5. The van der Waals surface area contributed by atoms with Crippen molar-refractivity contribution in [2.75, 3.05) is 49.2 Å². The number of morpholine rings is 1. The molecule has 0 saturated carbocycles. The van der Waals surface area contributed by atoms with Crippen LogP contribution in [0.4, 0.5) is 11.4 Å². The topological polar surface area (TPSA) is 57.7 Å². The average Bonchev–Trinajstić information content (AvgIpc) is 3.11. The number of ether oxygens (including phenoxy) is 1. The molecule has 6 heteroatoms. The van der Waals surface area contributed by atoms with Crippen LogP contribution in [0.15, 0.2) is 42.7 Å². The van der Waals surface area contributed by atoms with E-state index in [1.54, 1.807) is 0 Å². The molecule has 0 radical (unpaired) electrons. The van der Waals surface area contributed by atoms with E-state index in [1.807, 2.05) is 12.4 Å². The van der Waals surface area contributed by atoms with Crippen molar-refractivity contribution in [3.8, 4) is 0 Å². The molecule has 2 aromatic rings. The molecule has 2 fully saturated rings. The number of pyridine rings is 1. The average molecular weight is 395 g/mol. The smallest absolute Gasteiger partial charge is 0.224 e. The van der Waals surface area contributed by atoms with Gasteiger partial charge in [-0.2, -0.15) is 0 Å². The molecule has 1 aromatic heterocycles. The minimum absolute atomic E-state index is 0.0795. The summed E-state index contributed by atoms with van der Waals surface area (Å²) in [4.78, 5) is 21.6. The van der Waals surface area contributed by atoms with Gasteiger partial charge in [-0.1, -0.05) is 12.1 Å². The highest BCUT2D eigenvalue weighted by Gasteiger charge is 2.35. The molecule has 2 saturated heterocycles. The summed E-state index contributed by atoms with van der Waals surface area (Å²) in [7, 11) is 0. The number of anilines is 2. The number of hydrogen-bond acceptors (Lipinski definition) is 5. The third kappa shape index (κ3) is 4.88. The van der Waals surface area contributed by atoms with E-state index in [4.69, 9.17) is 4.74 Å². The number of hydrogen-bond donors (Lipinski definition) is 1. The van der Waals surface area contributed by atoms with Crippen molar-refractivity contribution in [2.45, 2.75) is 32.2 Å². The van der Waals surface area contributed by atoms with Crippen LogP contribution in [-0.2, 0) is 16.0 Å². The lowest BCUT2D eigenvalue weighted by molar-refractivity contribution is -0.122. The fourth-order valence-electron chi connectivity index (χ4n) is 4.21. The molecule has 1 atom stereocenters. The summed E-state index contributed by atoms with van der Waals surface area (Å²) >= 11 is 0. The molecule has 6 nitrogen and oxygen atoms in total. The lowest BCUT2D eigenvalue weighted by atomic mass is 10.0. The van der Waals surface area contributed by atoms with Gasteiger partial charge in [-0.05, 0) is 49.6 Å². The molecule has 1 amide bonds. The Balaban J connectivity index is 1.32. The summed E-state index contributed by atoms with van der Waals surface area (Å²) in [5.41, 5.74) is 4.31. The monoisotopic (exact) mass is 394 g/mol. The minimum atomic E-state index is -0.214. The molecule has 3 heterocycles. The van der Waals surface area contributed by atoms with E-state index >= 15 is 0 Å². The maximum absolute atomic E-state index is 12.7. The first kappa shape index (κ1) is 19.7. The van der Waals surface area contributed by atoms with Crippen LogP contribution < -0.4 is 15.1 Å². The Morgan fingerprint density at radius 1 is 1.10 bits per heavy atom. The molecule has 0 bridgehead atoms. The Morgan fingerprint density at radius 2 is 1.86 bits per heavy atom. The third-order valence-corrected chi connectivity index (χ3v) is 5.82. The number of nitrogens with one attached hydrogen (secondary N) is 1. The number of nitrogens with zero attached hydrogens (tertiary/aromatic N) is 3. The van der Waals surface area contributed by atoms with E-state index in [2.05, 4.69) is 64.3 Å². The first-order valence-corrected chi connectivity index (χ1v) is 10.4. The molecule has 29 heavy (non-hydrogen) atoms. The minimum Gasteiger partial charge on any atom is -0.378 e. The Morgan fingerprint density at radius 3 is 2.59 bits per heavy atom. The zero-order valence-corrected chi connectivity index (χ0v) is 17.4. The molecule has 154 valence electrons. The maximum atomic E-state index is 12.7. The van der Waals surface area contributed by atoms with Crippen molar-refractivity contribution >= 4 is 17.3 Å². The number of aromatic nitrogens is 1. The Labute approximate surface area is 172 Å². The second kappa shape index (κ2) is 8.41. The molecule has 2 aliphatic rings. The summed E-state index contributed by atoms with van der Waals surface area (Å²) in [5, 5.41) is 3.27. The number of amides is 1. The summed E-state index contributed by atoms with van der Waals surface area (Å²) in [6.45, 7) is 9.32. The van der Waals surface area contributed by atoms with E-state index in [0.717, 1.165) is 62.6 Å². The largest absolute Gasteiger partial charge is 0.378 e. The first-order chi connectivity index (χ1) is 14.0. The number of aryl methyl sites for hydroxylation is 1. The van der Waals surface area contributed by atoms with Crippen molar-refractivity contribution in [3.05, 3.63) is 53.9 Å². The highest BCUT2D eigenvalue weighted by Crippen LogP contribution is 2.27. The Kier molecular flexibility index (Phi) is 5.72. The van der Waals surface area contributed by atoms with Gasteiger partial charge in [-0.3, -0.25) is 9.78 Å². The Hall–Kier alpha value is -2.60. The van der Waals surface area contributed by atoms with Crippen LogP contribution in [0.25, 0.3) is 0 Å². The molecule has 2 aliphatic heterocycles. The summed E-state index contributed by atoms with van der Waals surface area (Å²) in [6, 6.07) is 10.5. The van der Waals surface area contributed by atoms with Gasteiger partial charge in [-0.25, -0.2) is 0 Å². The van der Waals surface area contributed by atoms with Crippen LogP contribution in [0.2, 0.25) is 0 Å². The van der Waals surface area contributed by atoms with Gasteiger partial charge in [0.1, 0.15) is 0 Å². The molecule has 0 spiro atoms. The molecule has 0 aliphatic carbocycles. The number of benzene rings is 1. The fraction of sp³-hybridized carbons (Fsp3) is 0.478. The van der Waals surface area contributed by atoms with Crippen LogP contribution in [0.3, 0.4) is 0 Å². The van der Waals surface area contributed by atoms with Gasteiger partial charge in [0.05, 0.1) is 37.1 Å². The highest BCUT2D eigenvalue weighted by molar-refractivity contribution is 5.79. The van der Waals surface area contributed by atoms with E-state index in [9.17, 15) is 4.79 Å². The number of rotatable bonds is 5. The van der Waals surface area contributed by atoms with E-state index in [1.165, 1.54) is 5.69 Å². The second-order valence-electron chi connectivity index (χ2n) is 8.44. The van der Waals surface area contributed by atoms with Crippen molar-refractivity contribution < 1.29 is 9.53 Å². The normalized spacial score (nSPS) is 22.0. The van der Waals surface area contributed by atoms with Gasteiger partial charge < -0.3 is 19.9 Å². The zero-order chi connectivity index (χ0) is 20.3. The van der Waals surface area contributed by atoms with Crippen molar-refractivity contribution in [1.82, 2.24) is 10.3 Å². The van der Waals surface area contributed by atoms with Gasteiger partial charge in [0, 0.05) is 38.1 Å². The maximum Gasteiger partial charge on any atom is 0.224 e. The predicted octanol–water partition coefficient (Wildman–Crippen LogP) is 2.55. The summed E-state index contributed by atoms with van der Waals surface area (Å²) in [5.74, 6) is 0.0795. The molecule has 1 N–H and O–H groups in total. The van der Waals surface area contributed by atoms with Gasteiger partial charge in [0.2, 0.25) is 5.91 Å². The van der Waals surface area contributed by atoms with Crippen LogP contribution in [-0.4, -0.2) is 55.8 Å². The van der Waals surface area contributed by atoms with Crippen molar-refractivity contribution in [2.24, 2.45) is 0 Å². The molecular formula is C23H30N4O2. The molecular weight excluding hydrogens is 364 g/mol. The standard InChI is InChI=1S/C23H30N4O2/c1-18-13-21(16-24-15-18)27-8-7-23(2,17-27)25-22(28)14-19-3-5-20(6-4-19)26-9-11-29-12-10-26/h3-6,13,15-16H,7-12,14,17H2,1-2H3,(H,25,28). The summed E-state index contributed by atoms with van der Waals surface area (Å²) in [6.07, 6.45) is 5.11. The number of carbonyl (C=O) groups excluding carboxylic acids is 1. The SMILES string of the molecule is Cc1cncc(N2CCC(C)(NC(=O)Cc3ccc(N4CCOCC4)cc3)C2)c1. The van der Waals surface area contributed by atoms with Crippen LogP contribution in [0.5, 0.6) is 0 Å².